The summed E-state index contributed by atoms with van der Waals surface area (Å²) in [6.45, 7) is 1.40. The second-order valence-electron chi connectivity index (χ2n) is 3.92. The normalized spacial score (nSPS) is 15.4. The molecule has 0 unspecified atom stereocenters. The van der Waals surface area contributed by atoms with Crippen LogP contribution in [-0.4, -0.2) is 20.6 Å². The van der Waals surface area contributed by atoms with Gasteiger partial charge in [-0.25, -0.2) is 8.42 Å². The molecule has 16 heavy (non-hydrogen) atoms. The average molecular weight is 243 g/mol. The number of aliphatic carboxylic acids is 1. The SMILES string of the molecule is C[C@]([NH3+])(C(=O)[O-])c1ccc(S(C)(=O)=O)cc1. The molecule has 6 heteroatoms. The van der Waals surface area contributed by atoms with Gasteiger partial charge >= 0.3 is 0 Å². The summed E-state index contributed by atoms with van der Waals surface area (Å²) in [4.78, 5) is 11.0. The molecular weight excluding hydrogens is 230 g/mol. The van der Waals surface area contributed by atoms with Crippen LogP contribution in [0.2, 0.25) is 0 Å². The summed E-state index contributed by atoms with van der Waals surface area (Å²) >= 11 is 0. The zero-order chi connectivity index (χ0) is 12.6. The van der Waals surface area contributed by atoms with Gasteiger partial charge in [0, 0.05) is 18.7 Å². The molecule has 1 rings (SSSR count). The Morgan fingerprint density at radius 3 is 2.06 bits per heavy atom. The fourth-order valence-corrected chi connectivity index (χ4v) is 1.82. The van der Waals surface area contributed by atoms with Crippen LogP contribution >= 0.6 is 0 Å². The smallest absolute Gasteiger partial charge is 0.175 e. The minimum atomic E-state index is -3.27. The molecule has 0 aromatic heterocycles. The van der Waals surface area contributed by atoms with Crippen molar-refractivity contribution in [3.63, 3.8) is 0 Å². The largest absolute Gasteiger partial charge is 0.543 e. The number of benzene rings is 1. The molecule has 88 valence electrons. The van der Waals surface area contributed by atoms with Crippen LogP contribution in [0.5, 0.6) is 0 Å². The molecule has 0 amide bonds. The van der Waals surface area contributed by atoms with Gasteiger partial charge in [0.25, 0.3) is 0 Å². The number of carboxylic acid groups (broad SMARTS) is 1. The van der Waals surface area contributed by atoms with E-state index in [0.717, 1.165) is 6.26 Å². The lowest BCUT2D eigenvalue weighted by Crippen LogP contribution is -2.75. The van der Waals surface area contributed by atoms with Crippen molar-refractivity contribution >= 4 is 15.8 Å². The van der Waals surface area contributed by atoms with Gasteiger partial charge in [-0.05, 0) is 12.1 Å². The lowest BCUT2D eigenvalue weighted by Gasteiger charge is -2.22. The molecule has 0 saturated heterocycles. The Bertz CT molecular complexity index is 502. The first-order valence-corrected chi connectivity index (χ1v) is 6.42. The number of hydrogen-bond acceptors (Lipinski definition) is 4. The molecule has 5 nitrogen and oxygen atoms in total. The maximum atomic E-state index is 11.2. The van der Waals surface area contributed by atoms with E-state index in [1.165, 1.54) is 31.2 Å². The van der Waals surface area contributed by atoms with Crippen LogP contribution in [-0.2, 0) is 20.2 Å². The first kappa shape index (κ1) is 12.7. The minimum absolute atomic E-state index is 0.144. The van der Waals surface area contributed by atoms with Crippen molar-refractivity contribution in [2.24, 2.45) is 0 Å². The monoisotopic (exact) mass is 243 g/mol. The molecule has 0 aliphatic carbocycles. The van der Waals surface area contributed by atoms with Crippen molar-refractivity contribution < 1.29 is 24.1 Å². The molecule has 0 spiro atoms. The van der Waals surface area contributed by atoms with Crippen molar-refractivity contribution in [1.82, 2.24) is 0 Å². The van der Waals surface area contributed by atoms with Crippen LogP contribution < -0.4 is 10.8 Å². The molecule has 0 aliphatic rings. The topological polar surface area (TPSA) is 102 Å². The molecule has 1 aromatic carbocycles. The summed E-state index contributed by atoms with van der Waals surface area (Å²) in [6.07, 6.45) is 1.09. The van der Waals surface area contributed by atoms with Crippen LogP contribution in [0.3, 0.4) is 0 Å². The van der Waals surface area contributed by atoms with Gasteiger partial charge < -0.3 is 15.6 Å². The summed E-state index contributed by atoms with van der Waals surface area (Å²) in [6, 6.07) is 5.58. The highest BCUT2D eigenvalue weighted by atomic mass is 32.2. The van der Waals surface area contributed by atoms with Gasteiger partial charge in [0.15, 0.2) is 15.4 Å². The summed E-state index contributed by atoms with van der Waals surface area (Å²) in [5.74, 6) is -1.31. The van der Waals surface area contributed by atoms with Crippen molar-refractivity contribution in [1.29, 1.82) is 0 Å². The van der Waals surface area contributed by atoms with Crippen LogP contribution in [0.4, 0.5) is 0 Å². The van der Waals surface area contributed by atoms with Crippen molar-refractivity contribution in [2.45, 2.75) is 17.4 Å². The van der Waals surface area contributed by atoms with Crippen LogP contribution in [0.15, 0.2) is 29.2 Å². The van der Waals surface area contributed by atoms with E-state index < -0.39 is 21.3 Å². The maximum absolute atomic E-state index is 11.2. The van der Waals surface area contributed by atoms with E-state index in [2.05, 4.69) is 5.73 Å². The summed E-state index contributed by atoms with van der Waals surface area (Å²) in [5, 5.41) is 10.8. The molecule has 0 radical (unpaired) electrons. The van der Waals surface area contributed by atoms with Crippen LogP contribution in [0.1, 0.15) is 12.5 Å². The van der Waals surface area contributed by atoms with Crippen LogP contribution in [0.25, 0.3) is 0 Å². The van der Waals surface area contributed by atoms with E-state index >= 15 is 0 Å². The van der Waals surface area contributed by atoms with Crippen molar-refractivity contribution in [3.8, 4) is 0 Å². The Hall–Kier alpha value is -1.40. The Labute approximate surface area is 93.8 Å². The van der Waals surface area contributed by atoms with Crippen molar-refractivity contribution in [2.75, 3.05) is 6.26 Å². The average Bonchev–Trinajstić information content (AvgIpc) is 2.16. The standard InChI is InChI=1S/C10H13NO4S/c1-10(11,9(12)13)7-3-5-8(6-4-7)16(2,14)15/h3-6H,11H2,1-2H3,(H,12,13)/t10-/m1/s1. The molecule has 1 atom stereocenters. The van der Waals surface area contributed by atoms with Crippen molar-refractivity contribution in [3.05, 3.63) is 29.8 Å². The van der Waals surface area contributed by atoms with Gasteiger partial charge in [0.05, 0.1) is 4.90 Å². The van der Waals surface area contributed by atoms with E-state index in [9.17, 15) is 18.3 Å². The second kappa shape index (κ2) is 3.88. The quantitative estimate of drug-likeness (QED) is 0.683. The fourth-order valence-electron chi connectivity index (χ4n) is 1.19. The number of carboxylic acids is 1. The first-order valence-electron chi connectivity index (χ1n) is 4.53. The Morgan fingerprint density at radius 2 is 1.75 bits per heavy atom. The molecule has 0 saturated carbocycles. The highest BCUT2D eigenvalue weighted by Crippen LogP contribution is 2.17. The van der Waals surface area contributed by atoms with E-state index in [0.29, 0.717) is 5.56 Å². The third kappa shape index (κ3) is 2.40. The minimum Gasteiger partial charge on any atom is -0.543 e. The number of carbonyl (C=O) groups is 1. The molecule has 0 aliphatic heterocycles. The third-order valence-corrected chi connectivity index (χ3v) is 3.50. The lowest BCUT2D eigenvalue weighted by atomic mass is 9.94. The van der Waals surface area contributed by atoms with Gasteiger partial charge in [0.1, 0.15) is 5.97 Å². The van der Waals surface area contributed by atoms with E-state index in [1.54, 1.807) is 0 Å². The third-order valence-electron chi connectivity index (χ3n) is 2.37. The van der Waals surface area contributed by atoms with Gasteiger partial charge in [-0.2, -0.15) is 0 Å². The van der Waals surface area contributed by atoms with Gasteiger partial charge in [-0.3, -0.25) is 0 Å². The Kier molecular flexibility index (Phi) is 3.07. The zero-order valence-corrected chi connectivity index (χ0v) is 9.87. The van der Waals surface area contributed by atoms with Crippen LogP contribution in [0, 0.1) is 0 Å². The molecule has 0 heterocycles. The highest BCUT2D eigenvalue weighted by molar-refractivity contribution is 7.90. The van der Waals surface area contributed by atoms with E-state index in [1.807, 2.05) is 0 Å². The van der Waals surface area contributed by atoms with Gasteiger partial charge in [-0.15, -0.1) is 0 Å². The number of sulfone groups is 1. The summed E-state index contributed by atoms with van der Waals surface area (Å²) in [7, 11) is -3.27. The molecule has 0 bridgehead atoms. The van der Waals surface area contributed by atoms with E-state index in [4.69, 9.17) is 0 Å². The zero-order valence-electron chi connectivity index (χ0n) is 9.06. The predicted molar refractivity (Wildman–Crippen MR) is 54.8 cm³/mol. The fraction of sp³-hybridized carbons (Fsp3) is 0.300. The number of hydrogen-bond donors (Lipinski definition) is 1. The van der Waals surface area contributed by atoms with E-state index in [-0.39, 0.29) is 4.90 Å². The van der Waals surface area contributed by atoms with Gasteiger partial charge in [0.2, 0.25) is 0 Å². The Balaban J connectivity index is 3.19. The lowest BCUT2D eigenvalue weighted by molar-refractivity contribution is -0.489. The predicted octanol–water partition coefficient (Wildman–Crippen LogP) is -1.70. The highest BCUT2D eigenvalue weighted by Gasteiger charge is 2.27. The first-order chi connectivity index (χ1) is 7.15. The summed E-state index contributed by atoms with van der Waals surface area (Å²) in [5.41, 5.74) is 2.54. The molecular formula is C10H13NO4S. The number of quaternary nitrogens is 1. The Morgan fingerprint density at radius 1 is 1.31 bits per heavy atom. The molecule has 1 aromatic rings. The molecule has 3 N–H and O–H groups in total. The number of carbonyl (C=O) groups excluding carboxylic acids is 1. The maximum Gasteiger partial charge on any atom is 0.175 e. The second-order valence-corrected chi connectivity index (χ2v) is 5.93. The summed E-state index contributed by atoms with van der Waals surface area (Å²) < 4.78 is 22.4. The molecule has 0 fully saturated rings. The van der Waals surface area contributed by atoms with Gasteiger partial charge in [-0.1, -0.05) is 12.1 Å². The number of rotatable bonds is 3.